The van der Waals surface area contributed by atoms with E-state index in [0.29, 0.717) is 16.9 Å². The Morgan fingerprint density at radius 2 is 1.88 bits per heavy atom. The minimum atomic E-state index is 0.198. The van der Waals surface area contributed by atoms with E-state index in [9.17, 15) is 0 Å². The van der Waals surface area contributed by atoms with Crippen molar-refractivity contribution in [3.63, 3.8) is 0 Å². The second-order valence-corrected chi connectivity index (χ2v) is 7.67. The molecule has 0 aromatic rings. The fourth-order valence-corrected chi connectivity index (χ4v) is 4.29. The minimum absolute atomic E-state index is 0.198. The van der Waals surface area contributed by atoms with Crippen LogP contribution in [-0.2, 0) is 4.74 Å². The van der Waals surface area contributed by atoms with Crippen molar-refractivity contribution in [3.8, 4) is 0 Å². The third-order valence-corrected chi connectivity index (χ3v) is 6.43. The Morgan fingerprint density at radius 3 is 2.53 bits per heavy atom. The van der Waals surface area contributed by atoms with Crippen molar-refractivity contribution >= 4 is 0 Å². The highest BCUT2D eigenvalue weighted by atomic mass is 16.6. The molecule has 0 radical (unpaired) electrons. The Bertz CT molecular complexity index is 370. The summed E-state index contributed by atoms with van der Waals surface area (Å²) in [5, 5.41) is 0. The predicted molar refractivity (Wildman–Crippen MR) is 70.9 cm³/mol. The molecular weight excluding hydrogens is 208 g/mol. The average molecular weight is 234 g/mol. The molecule has 3 aliphatic rings. The maximum Gasteiger partial charge on any atom is 0.0920 e. The number of rotatable bonds is 0. The lowest BCUT2D eigenvalue weighted by atomic mass is 9.43. The number of hydrogen-bond acceptors (Lipinski definition) is 1. The Morgan fingerprint density at radius 1 is 1.18 bits per heavy atom. The lowest BCUT2D eigenvalue weighted by Gasteiger charge is -2.62. The minimum Gasteiger partial charge on any atom is -0.366 e. The molecule has 3 rings (SSSR count). The zero-order valence-electron chi connectivity index (χ0n) is 11.8. The van der Waals surface area contributed by atoms with Crippen LogP contribution < -0.4 is 0 Å². The molecule has 3 fully saturated rings. The van der Waals surface area contributed by atoms with Crippen molar-refractivity contribution in [1.82, 2.24) is 0 Å². The molecule has 0 aromatic heterocycles. The lowest BCUT2D eigenvalue weighted by molar-refractivity contribution is -0.100. The SMILES string of the molecule is C=C1CC[C@H]2O[C@@]2(C)CC[C@]2(C)[C@@H]1CC2(C)C. The van der Waals surface area contributed by atoms with Gasteiger partial charge in [-0.1, -0.05) is 32.9 Å². The van der Waals surface area contributed by atoms with Crippen LogP contribution in [-0.4, -0.2) is 11.7 Å². The van der Waals surface area contributed by atoms with Gasteiger partial charge < -0.3 is 4.74 Å². The summed E-state index contributed by atoms with van der Waals surface area (Å²) in [5.41, 5.74) is 2.62. The highest BCUT2D eigenvalue weighted by Crippen LogP contribution is 2.67. The molecule has 0 aromatic carbocycles. The van der Waals surface area contributed by atoms with E-state index in [4.69, 9.17) is 4.74 Å². The van der Waals surface area contributed by atoms with E-state index in [0.717, 1.165) is 5.92 Å². The standard InChI is InChI=1S/C16H26O/c1-11-6-7-13-16(5,17-13)9-8-15(4)12(11)10-14(15,2)3/h12-13H,1,6-10H2,2-5H3/t12-,13-,15-,16+/m1/s1. The van der Waals surface area contributed by atoms with E-state index in [1.165, 1.54) is 37.7 Å². The number of epoxide rings is 1. The van der Waals surface area contributed by atoms with Crippen LogP contribution in [0.4, 0.5) is 0 Å². The van der Waals surface area contributed by atoms with Gasteiger partial charge in [0.2, 0.25) is 0 Å². The van der Waals surface area contributed by atoms with Crippen LogP contribution >= 0.6 is 0 Å². The summed E-state index contributed by atoms with van der Waals surface area (Å²) < 4.78 is 5.91. The molecule has 0 bridgehead atoms. The largest absolute Gasteiger partial charge is 0.366 e. The van der Waals surface area contributed by atoms with Crippen LogP contribution in [0.3, 0.4) is 0 Å². The van der Waals surface area contributed by atoms with E-state index >= 15 is 0 Å². The van der Waals surface area contributed by atoms with Gasteiger partial charge >= 0.3 is 0 Å². The number of ether oxygens (including phenoxy) is 1. The molecule has 1 heterocycles. The quantitative estimate of drug-likeness (QED) is 0.449. The number of fused-ring (bicyclic) bond motifs is 2. The van der Waals surface area contributed by atoms with Gasteiger partial charge in [-0.3, -0.25) is 0 Å². The first-order chi connectivity index (χ1) is 7.79. The van der Waals surface area contributed by atoms with Crippen molar-refractivity contribution in [2.24, 2.45) is 16.7 Å². The van der Waals surface area contributed by atoms with E-state index in [1.54, 1.807) is 0 Å². The summed E-state index contributed by atoms with van der Waals surface area (Å²) in [4.78, 5) is 0. The van der Waals surface area contributed by atoms with Gasteiger partial charge in [-0.15, -0.1) is 0 Å². The van der Waals surface area contributed by atoms with Crippen LogP contribution in [0.25, 0.3) is 0 Å². The maximum absolute atomic E-state index is 5.91. The second kappa shape index (κ2) is 3.17. The van der Waals surface area contributed by atoms with Gasteiger partial charge in [-0.05, 0) is 55.8 Å². The van der Waals surface area contributed by atoms with Crippen LogP contribution in [0.15, 0.2) is 12.2 Å². The molecule has 0 amide bonds. The number of allylic oxidation sites excluding steroid dienone is 1. The van der Waals surface area contributed by atoms with Crippen molar-refractivity contribution in [3.05, 3.63) is 12.2 Å². The summed E-state index contributed by atoms with van der Waals surface area (Å²) in [7, 11) is 0. The molecule has 96 valence electrons. The highest BCUT2D eigenvalue weighted by molar-refractivity contribution is 5.21. The first-order valence-electron chi connectivity index (χ1n) is 7.14. The smallest absolute Gasteiger partial charge is 0.0920 e. The third kappa shape index (κ3) is 1.47. The lowest BCUT2D eigenvalue weighted by Crippen LogP contribution is -2.54. The highest BCUT2D eigenvalue weighted by Gasteiger charge is 2.61. The van der Waals surface area contributed by atoms with Gasteiger partial charge in [-0.25, -0.2) is 0 Å². The van der Waals surface area contributed by atoms with Gasteiger partial charge in [0, 0.05) is 0 Å². The summed E-state index contributed by atoms with van der Waals surface area (Å²) in [5.74, 6) is 0.763. The van der Waals surface area contributed by atoms with Crippen LogP contribution in [0.5, 0.6) is 0 Å². The summed E-state index contributed by atoms with van der Waals surface area (Å²) in [6, 6.07) is 0. The predicted octanol–water partition coefficient (Wildman–Crippen LogP) is 4.33. The fourth-order valence-electron chi connectivity index (χ4n) is 4.29. The van der Waals surface area contributed by atoms with Crippen molar-refractivity contribution < 1.29 is 4.74 Å². The molecule has 1 saturated heterocycles. The second-order valence-electron chi connectivity index (χ2n) is 7.67. The molecule has 4 atom stereocenters. The summed E-state index contributed by atoms with van der Waals surface area (Å²) in [6.45, 7) is 14.0. The van der Waals surface area contributed by atoms with E-state index in [1.807, 2.05) is 0 Å². The normalized spacial score (nSPS) is 52.4. The molecule has 0 N–H and O–H groups in total. The molecule has 1 nitrogen and oxygen atoms in total. The van der Waals surface area contributed by atoms with E-state index < -0.39 is 0 Å². The van der Waals surface area contributed by atoms with E-state index in [2.05, 4.69) is 34.3 Å². The molecule has 1 aliphatic heterocycles. The molecule has 2 aliphatic carbocycles. The van der Waals surface area contributed by atoms with Crippen LogP contribution in [0, 0.1) is 16.7 Å². The van der Waals surface area contributed by atoms with Crippen molar-refractivity contribution in [1.29, 1.82) is 0 Å². The van der Waals surface area contributed by atoms with Crippen LogP contribution in [0.2, 0.25) is 0 Å². The number of hydrogen-bond donors (Lipinski definition) is 0. The third-order valence-electron chi connectivity index (χ3n) is 6.43. The average Bonchev–Trinajstić information content (AvgIpc) is 2.90. The fraction of sp³-hybridized carbons (Fsp3) is 0.875. The topological polar surface area (TPSA) is 12.5 Å². The van der Waals surface area contributed by atoms with Gasteiger partial charge in [-0.2, -0.15) is 0 Å². The monoisotopic (exact) mass is 234 g/mol. The summed E-state index contributed by atoms with van der Waals surface area (Å²) >= 11 is 0. The van der Waals surface area contributed by atoms with E-state index in [-0.39, 0.29) is 5.60 Å². The molecule has 0 unspecified atom stereocenters. The molecule has 17 heavy (non-hydrogen) atoms. The zero-order chi connectivity index (χ0) is 12.5. The Balaban J connectivity index is 1.86. The van der Waals surface area contributed by atoms with Crippen molar-refractivity contribution in [2.45, 2.75) is 71.5 Å². The molecular formula is C16H26O. The Hall–Kier alpha value is -0.300. The first-order valence-corrected chi connectivity index (χ1v) is 7.14. The molecule has 0 spiro atoms. The Labute approximate surface area is 106 Å². The first kappa shape index (κ1) is 11.8. The van der Waals surface area contributed by atoms with Crippen LogP contribution in [0.1, 0.15) is 59.8 Å². The Kier molecular flexibility index (Phi) is 2.20. The molecule has 1 heteroatoms. The van der Waals surface area contributed by atoms with Crippen molar-refractivity contribution in [2.75, 3.05) is 0 Å². The summed E-state index contributed by atoms with van der Waals surface area (Å²) in [6.07, 6.45) is 6.77. The maximum atomic E-state index is 5.91. The molecule has 2 saturated carbocycles. The van der Waals surface area contributed by atoms with Gasteiger partial charge in [0.1, 0.15) is 0 Å². The zero-order valence-corrected chi connectivity index (χ0v) is 11.8. The van der Waals surface area contributed by atoms with Gasteiger partial charge in [0.25, 0.3) is 0 Å². The van der Waals surface area contributed by atoms with Gasteiger partial charge in [0.15, 0.2) is 0 Å². The van der Waals surface area contributed by atoms with Gasteiger partial charge in [0.05, 0.1) is 11.7 Å².